The quantitative estimate of drug-likeness (QED) is 0.666. The number of rotatable bonds is 4. The van der Waals surface area contributed by atoms with Crippen LogP contribution in [0.1, 0.15) is 20.8 Å². The summed E-state index contributed by atoms with van der Waals surface area (Å²) in [6, 6.07) is 18.2. The van der Waals surface area contributed by atoms with Crippen molar-refractivity contribution in [3.8, 4) is 10.4 Å². The third-order valence-electron chi connectivity index (χ3n) is 3.60. The smallest absolute Gasteiger partial charge is 0.347 e. The molecule has 0 bridgehead atoms. The van der Waals surface area contributed by atoms with E-state index in [1.807, 2.05) is 36.4 Å². The molecule has 0 saturated carbocycles. The van der Waals surface area contributed by atoms with E-state index >= 15 is 0 Å². The minimum atomic E-state index is -4.39. The number of hydrogen-bond acceptors (Lipinski definition) is 2. The SMILES string of the molecule is O=C(NCc1cccc(C(F)(F)F)c1)c1ccc(-c2ccccc2)s1. The summed E-state index contributed by atoms with van der Waals surface area (Å²) < 4.78 is 38.1. The number of nitrogens with one attached hydrogen (secondary N) is 1. The van der Waals surface area contributed by atoms with Crippen LogP contribution in [-0.2, 0) is 12.7 Å². The first-order valence-electron chi connectivity index (χ1n) is 7.53. The lowest BCUT2D eigenvalue weighted by Crippen LogP contribution is -2.22. The number of alkyl halides is 3. The highest BCUT2D eigenvalue weighted by atomic mass is 32.1. The fourth-order valence-corrected chi connectivity index (χ4v) is 3.27. The van der Waals surface area contributed by atoms with Crippen LogP contribution in [0.4, 0.5) is 13.2 Å². The van der Waals surface area contributed by atoms with E-state index in [2.05, 4.69) is 5.32 Å². The molecule has 6 heteroatoms. The van der Waals surface area contributed by atoms with Gasteiger partial charge in [0, 0.05) is 11.4 Å². The van der Waals surface area contributed by atoms with Crippen molar-refractivity contribution in [1.29, 1.82) is 0 Å². The lowest BCUT2D eigenvalue weighted by molar-refractivity contribution is -0.137. The highest BCUT2D eigenvalue weighted by Crippen LogP contribution is 2.30. The number of carbonyl (C=O) groups excluding carboxylic acids is 1. The van der Waals surface area contributed by atoms with Gasteiger partial charge in [-0.1, -0.05) is 42.5 Å². The third kappa shape index (κ3) is 4.28. The first kappa shape index (κ1) is 17.2. The Hall–Kier alpha value is -2.60. The van der Waals surface area contributed by atoms with E-state index in [4.69, 9.17) is 0 Å². The van der Waals surface area contributed by atoms with E-state index in [-0.39, 0.29) is 12.5 Å². The Balaban J connectivity index is 1.67. The molecular weight excluding hydrogens is 347 g/mol. The molecule has 0 aliphatic rings. The number of carbonyl (C=O) groups is 1. The monoisotopic (exact) mass is 361 g/mol. The predicted molar refractivity (Wildman–Crippen MR) is 92.4 cm³/mol. The van der Waals surface area contributed by atoms with Crippen LogP contribution < -0.4 is 5.32 Å². The molecule has 1 aromatic heterocycles. The lowest BCUT2D eigenvalue weighted by atomic mass is 10.1. The van der Waals surface area contributed by atoms with Gasteiger partial charge < -0.3 is 5.32 Å². The summed E-state index contributed by atoms with van der Waals surface area (Å²) in [4.78, 5) is 13.7. The molecule has 0 aliphatic carbocycles. The zero-order valence-corrected chi connectivity index (χ0v) is 13.8. The summed E-state index contributed by atoms with van der Waals surface area (Å²) in [5.41, 5.74) is 0.703. The molecule has 1 heterocycles. The Morgan fingerprint density at radius 3 is 2.44 bits per heavy atom. The summed E-state index contributed by atoms with van der Waals surface area (Å²) in [5.74, 6) is -0.301. The van der Waals surface area contributed by atoms with Gasteiger partial charge in [0.1, 0.15) is 0 Å². The molecule has 0 unspecified atom stereocenters. The van der Waals surface area contributed by atoms with Crippen molar-refractivity contribution in [2.24, 2.45) is 0 Å². The minimum absolute atomic E-state index is 0.0430. The van der Waals surface area contributed by atoms with Crippen LogP contribution in [0.25, 0.3) is 10.4 Å². The molecule has 0 aliphatic heterocycles. The maximum Gasteiger partial charge on any atom is 0.416 e. The first-order chi connectivity index (χ1) is 11.9. The molecular formula is C19H14F3NOS. The van der Waals surface area contributed by atoms with E-state index in [1.54, 1.807) is 12.1 Å². The van der Waals surface area contributed by atoms with Crippen molar-refractivity contribution in [3.63, 3.8) is 0 Å². The number of benzene rings is 2. The van der Waals surface area contributed by atoms with Crippen molar-refractivity contribution >= 4 is 17.2 Å². The molecule has 2 nitrogen and oxygen atoms in total. The van der Waals surface area contributed by atoms with E-state index in [1.165, 1.54) is 17.4 Å². The lowest BCUT2D eigenvalue weighted by Gasteiger charge is -2.09. The Morgan fingerprint density at radius 2 is 1.72 bits per heavy atom. The minimum Gasteiger partial charge on any atom is -0.347 e. The molecule has 128 valence electrons. The molecule has 0 atom stereocenters. The Kier molecular flexibility index (Phi) is 4.90. The molecule has 0 fully saturated rings. The maximum atomic E-state index is 12.7. The zero-order valence-electron chi connectivity index (χ0n) is 13.0. The summed E-state index contributed by atoms with van der Waals surface area (Å²) in [7, 11) is 0. The average molecular weight is 361 g/mol. The second-order valence-corrected chi connectivity index (χ2v) is 6.49. The van der Waals surface area contributed by atoms with Gasteiger partial charge in [0.25, 0.3) is 5.91 Å². The molecule has 0 radical (unpaired) electrons. The van der Waals surface area contributed by atoms with Gasteiger partial charge in [-0.25, -0.2) is 0 Å². The van der Waals surface area contributed by atoms with Crippen molar-refractivity contribution < 1.29 is 18.0 Å². The number of hydrogen-bond donors (Lipinski definition) is 1. The molecule has 0 saturated heterocycles. The van der Waals surface area contributed by atoms with E-state index in [9.17, 15) is 18.0 Å². The summed E-state index contributed by atoms with van der Waals surface area (Å²) in [6.07, 6.45) is -4.39. The molecule has 1 N–H and O–H groups in total. The van der Waals surface area contributed by atoms with E-state index < -0.39 is 11.7 Å². The van der Waals surface area contributed by atoms with Crippen LogP contribution in [0, 0.1) is 0 Å². The van der Waals surface area contributed by atoms with Crippen molar-refractivity contribution in [2.45, 2.75) is 12.7 Å². The van der Waals surface area contributed by atoms with Crippen LogP contribution in [0.3, 0.4) is 0 Å². The fourth-order valence-electron chi connectivity index (χ4n) is 2.34. The normalized spacial score (nSPS) is 11.3. The Bertz CT molecular complexity index is 872. The Labute approximate surface area is 146 Å². The molecule has 0 spiro atoms. The molecule has 3 rings (SSSR count). The second kappa shape index (κ2) is 7.11. The van der Waals surface area contributed by atoms with Crippen molar-refractivity contribution in [3.05, 3.63) is 82.7 Å². The van der Waals surface area contributed by atoms with Crippen LogP contribution in [-0.4, -0.2) is 5.91 Å². The molecule has 25 heavy (non-hydrogen) atoms. The van der Waals surface area contributed by atoms with E-state index in [0.717, 1.165) is 22.6 Å². The standard InChI is InChI=1S/C19H14F3NOS/c20-19(21,22)15-8-4-5-13(11-15)12-23-18(24)17-10-9-16(25-17)14-6-2-1-3-7-14/h1-11H,12H2,(H,23,24). The van der Waals surface area contributed by atoms with Gasteiger partial charge in [0.2, 0.25) is 0 Å². The molecule has 1 amide bonds. The van der Waals surface area contributed by atoms with Crippen LogP contribution >= 0.6 is 11.3 Å². The third-order valence-corrected chi connectivity index (χ3v) is 4.73. The number of halogens is 3. The average Bonchev–Trinajstić information content (AvgIpc) is 3.10. The van der Waals surface area contributed by atoms with Crippen LogP contribution in [0.2, 0.25) is 0 Å². The summed E-state index contributed by atoms with van der Waals surface area (Å²) >= 11 is 1.34. The fraction of sp³-hybridized carbons (Fsp3) is 0.105. The van der Waals surface area contributed by atoms with Gasteiger partial charge in [0.15, 0.2) is 0 Å². The second-order valence-electron chi connectivity index (χ2n) is 5.41. The predicted octanol–water partition coefficient (Wildman–Crippen LogP) is 5.36. The highest BCUT2D eigenvalue weighted by molar-refractivity contribution is 7.17. The van der Waals surface area contributed by atoms with Crippen LogP contribution in [0.5, 0.6) is 0 Å². The molecule has 3 aromatic rings. The van der Waals surface area contributed by atoms with E-state index in [0.29, 0.717) is 10.4 Å². The largest absolute Gasteiger partial charge is 0.416 e. The Morgan fingerprint density at radius 1 is 0.960 bits per heavy atom. The van der Waals surface area contributed by atoms with Gasteiger partial charge in [-0.15, -0.1) is 11.3 Å². The zero-order chi connectivity index (χ0) is 17.9. The summed E-state index contributed by atoms with van der Waals surface area (Å²) in [6.45, 7) is 0.0430. The highest BCUT2D eigenvalue weighted by Gasteiger charge is 2.30. The van der Waals surface area contributed by atoms with Gasteiger partial charge in [-0.05, 0) is 35.4 Å². The number of amides is 1. The van der Waals surface area contributed by atoms with Gasteiger partial charge in [-0.3, -0.25) is 4.79 Å². The van der Waals surface area contributed by atoms with Gasteiger partial charge in [-0.2, -0.15) is 13.2 Å². The first-order valence-corrected chi connectivity index (χ1v) is 8.35. The van der Waals surface area contributed by atoms with Crippen molar-refractivity contribution in [1.82, 2.24) is 5.32 Å². The van der Waals surface area contributed by atoms with Gasteiger partial charge >= 0.3 is 6.18 Å². The van der Waals surface area contributed by atoms with Gasteiger partial charge in [0.05, 0.1) is 10.4 Å². The topological polar surface area (TPSA) is 29.1 Å². The summed E-state index contributed by atoms with van der Waals surface area (Å²) in [5, 5.41) is 2.66. The number of thiophene rings is 1. The maximum absolute atomic E-state index is 12.7. The molecule has 2 aromatic carbocycles. The van der Waals surface area contributed by atoms with Crippen molar-refractivity contribution in [2.75, 3.05) is 0 Å². The van der Waals surface area contributed by atoms with Crippen LogP contribution in [0.15, 0.2) is 66.7 Å².